The van der Waals surface area contributed by atoms with Crippen molar-refractivity contribution < 1.29 is 28.8 Å². The molecule has 0 heterocycles. The molecular weight excluding hydrogens is 420 g/mol. The van der Waals surface area contributed by atoms with Crippen LogP contribution in [0.5, 0.6) is 17.2 Å². The van der Waals surface area contributed by atoms with Crippen LogP contribution in [-0.4, -0.2) is 36.5 Å². The zero-order chi connectivity index (χ0) is 24.0. The smallest absolute Gasteiger partial charge is 0.353 e. The maximum atomic E-state index is 13.0. The Bertz CT molecular complexity index is 917. The van der Waals surface area contributed by atoms with E-state index in [4.69, 9.17) is 18.9 Å². The summed E-state index contributed by atoms with van der Waals surface area (Å²) in [6, 6.07) is 12.7. The molecule has 0 amide bonds. The summed E-state index contributed by atoms with van der Waals surface area (Å²) in [5.74, 6) is 1.34. The number of aliphatic hydroxyl groups excluding tert-OH is 1. The summed E-state index contributed by atoms with van der Waals surface area (Å²) in [5.41, 5.74) is -0.0167. The van der Waals surface area contributed by atoms with Gasteiger partial charge in [0.2, 0.25) is 5.60 Å². The van der Waals surface area contributed by atoms with Crippen molar-refractivity contribution in [2.24, 2.45) is 0 Å². The van der Waals surface area contributed by atoms with Gasteiger partial charge in [0.05, 0.1) is 19.8 Å². The van der Waals surface area contributed by atoms with E-state index >= 15 is 0 Å². The van der Waals surface area contributed by atoms with E-state index in [2.05, 4.69) is 13.8 Å². The van der Waals surface area contributed by atoms with Crippen LogP contribution in [-0.2, 0) is 9.53 Å². The molecular formula is C27H36O6. The fourth-order valence-electron chi connectivity index (χ4n) is 4.11. The fourth-order valence-corrected chi connectivity index (χ4v) is 4.11. The van der Waals surface area contributed by atoms with Crippen LogP contribution in [0.3, 0.4) is 0 Å². The first-order chi connectivity index (χ1) is 15.8. The summed E-state index contributed by atoms with van der Waals surface area (Å²) >= 11 is 0. The summed E-state index contributed by atoms with van der Waals surface area (Å²) in [7, 11) is 1.58. The number of rotatable bonds is 10. The van der Waals surface area contributed by atoms with Crippen molar-refractivity contribution in [2.75, 3.05) is 13.7 Å². The molecule has 6 nitrogen and oxygen atoms in total. The van der Waals surface area contributed by atoms with E-state index in [0.29, 0.717) is 28.7 Å². The molecule has 0 spiro atoms. The lowest BCUT2D eigenvalue weighted by Crippen LogP contribution is -2.48. The lowest BCUT2D eigenvalue weighted by molar-refractivity contribution is -0.171. The van der Waals surface area contributed by atoms with Gasteiger partial charge < -0.3 is 24.1 Å². The highest BCUT2D eigenvalue weighted by Gasteiger charge is 2.46. The number of esters is 1. The molecule has 2 aromatic rings. The van der Waals surface area contributed by atoms with Crippen LogP contribution in [0.15, 0.2) is 42.5 Å². The predicted molar refractivity (Wildman–Crippen MR) is 127 cm³/mol. The van der Waals surface area contributed by atoms with Crippen molar-refractivity contribution >= 4 is 5.97 Å². The Morgan fingerprint density at radius 1 is 1.06 bits per heavy atom. The van der Waals surface area contributed by atoms with Gasteiger partial charge in [-0.2, -0.15) is 0 Å². The molecule has 0 saturated heterocycles. The minimum atomic E-state index is -1.66. The first kappa shape index (κ1) is 24.9. The second kappa shape index (κ2) is 10.9. The summed E-state index contributed by atoms with van der Waals surface area (Å²) in [5, 5.41) is 11.4. The molecule has 33 heavy (non-hydrogen) atoms. The first-order valence-corrected chi connectivity index (χ1v) is 11.8. The van der Waals surface area contributed by atoms with Crippen molar-refractivity contribution in [1.82, 2.24) is 0 Å². The number of aliphatic hydroxyl groups is 1. The third-order valence-electron chi connectivity index (χ3n) is 6.18. The molecule has 2 aromatic carbocycles. The van der Waals surface area contributed by atoms with Crippen LogP contribution in [0.25, 0.3) is 0 Å². The highest BCUT2D eigenvalue weighted by atomic mass is 16.6. The molecule has 1 saturated carbocycles. The SMILES string of the molecule is CCOC(=O)C(C)(Oc1ccc(C(C)C)cc1)C(O)c1ccc(OC)c(OC2CCCC2)c1. The Labute approximate surface area is 196 Å². The van der Waals surface area contributed by atoms with Gasteiger partial charge >= 0.3 is 5.97 Å². The van der Waals surface area contributed by atoms with Crippen molar-refractivity contribution in [1.29, 1.82) is 0 Å². The van der Waals surface area contributed by atoms with Crippen LogP contribution in [0, 0.1) is 0 Å². The monoisotopic (exact) mass is 456 g/mol. The topological polar surface area (TPSA) is 74.2 Å². The van der Waals surface area contributed by atoms with Crippen LogP contribution >= 0.6 is 0 Å². The van der Waals surface area contributed by atoms with Crippen molar-refractivity contribution in [3.63, 3.8) is 0 Å². The molecule has 1 N–H and O–H groups in total. The van der Waals surface area contributed by atoms with Crippen molar-refractivity contribution in [2.45, 2.75) is 77.1 Å². The third-order valence-corrected chi connectivity index (χ3v) is 6.18. The molecule has 180 valence electrons. The van der Waals surface area contributed by atoms with Gasteiger partial charge in [-0.3, -0.25) is 0 Å². The normalized spacial score (nSPS) is 16.8. The first-order valence-electron chi connectivity index (χ1n) is 11.8. The molecule has 0 aromatic heterocycles. The molecule has 1 aliphatic rings. The number of benzene rings is 2. The van der Waals surface area contributed by atoms with Crippen LogP contribution in [0.1, 0.15) is 76.5 Å². The summed E-state index contributed by atoms with van der Waals surface area (Å²) in [6.07, 6.45) is 3.09. The molecule has 0 radical (unpaired) electrons. The van der Waals surface area contributed by atoms with Gasteiger partial charge in [0, 0.05) is 0 Å². The lowest BCUT2D eigenvalue weighted by Gasteiger charge is -2.33. The van der Waals surface area contributed by atoms with E-state index < -0.39 is 17.7 Å². The Hall–Kier alpha value is -2.73. The van der Waals surface area contributed by atoms with Gasteiger partial charge in [0.25, 0.3) is 0 Å². The minimum absolute atomic E-state index is 0.124. The molecule has 2 atom stereocenters. The summed E-state index contributed by atoms with van der Waals surface area (Å²) < 4.78 is 23.0. The lowest BCUT2D eigenvalue weighted by atomic mass is 9.92. The van der Waals surface area contributed by atoms with Crippen LogP contribution in [0.4, 0.5) is 0 Å². The van der Waals surface area contributed by atoms with Crippen LogP contribution in [0.2, 0.25) is 0 Å². The summed E-state index contributed by atoms with van der Waals surface area (Å²) in [6.45, 7) is 7.67. The average molecular weight is 457 g/mol. The van der Waals surface area contributed by atoms with Gasteiger partial charge in [-0.1, -0.05) is 32.0 Å². The van der Waals surface area contributed by atoms with Crippen molar-refractivity contribution in [3.8, 4) is 17.2 Å². The van der Waals surface area contributed by atoms with E-state index in [0.717, 1.165) is 31.2 Å². The number of hydrogen-bond donors (Lipinski definition) is 1. The van der Waals surface area contributed by atoms with Gasteiger partial charge in [-0.05, 0) is 80.8 Å². The Kier molecular flexibility index (Phi) is 8.25. The zero-order valence-electron chi connectivity index (χ0n) is 20.3. The number of carbonyl (C=O) groups is 1. The highest BCUT2D eigenvalue weighted by Crippen LogP contribution is 2.38. The highest BCUT2D eigenvalue weighted by molar-refractivity contribution is 5.81. The van der Waals surface area contributed by atoms with Gasteiger partial charge in [0.1, 0.15) is 11.9 Å². The van der Waals surface area contributed by atoms with Gasteiger partial charge in [0.15, 0.2) is 11.5 Å². The second-order valence-electron chi connectivity index (χ2n) is 8.99. The molecule has 6 heteroatoms. The van der Waals surface area contributed by atoms with Crippen molar-refractivity contribution in [3.05, 3.63) is 53.6 Å². The van der Waals surface area contributed by atoms with E-state index in [1.165, 1.54) is 0 Å². The van der Waals surface area contributed by atoms with E-state index in [-0.39, 0.29) is 12.7 Å². The zero-order valence-corrected chi connectivity index (χ0v) is 20.3. The largest absolute Gasteiger partial charge is 0.493 e. The third kappa shape index (κ3) is 5.80. The number of carbonyl (C=O) groups excluding carboxylic acids is 1. The molecule has 1 aliphatic carbocycles. The molecule has 0 aliphatic heterocycles. The Morgan fingerprint density at radius 2 is 1.70 bits per heavy atom. The fraction of sp³-hybridized carbons (Fsp3) is 0.519. The van der Waals surface area contributed by atoms with E-state index in [1.54, 1.807) is 39.2 Å². The minimum Gasteiger partial charge on any atom is -0.493 e. The van der Waals surface area contributed by atoms with E-state index in [9.17, 15) is 9.90 Å². The maximum Gasteiger partial charge on any atom is 0.353 e. The predicted octanol–water partition coefficient (Wildman–Crippen LogP) is 5.57. The Morgan fingerprint density at radius 3 is 2.27 bits per heavy atom. The number of methoxy groups -OCH3 is 1. The average Bonchev–Trinajstić information content (AvgIpc) is 3.32. The standard InChI is InChI=1S/C27H36O6/c1-6-31-26(29)27(4,33-22-14-11-19(12-15-22)18(2)3)25(28)20-13-16-23(30-5)24(17-20)32-21-9-7-8-10-21/h11-18,21,25,28H,6-10H2,1-5H3. The Balaban J connectivity index is 1.92. The molecule has 0 bridgehead atoms. The number of ether oxygens (including phenoxy) is 4. The van der Waals surface area contributed by atoms with Crippen LogP contribution < -0.4 is 14.2 Å². The second-order valence-corrected chi connectivity index (χ2v) is 8.99. The molecule has 1 fully saturated rings. The van der Waals surface area contributed by atoms with Gasteiger partial charge in [-0.25, -0.2) is 4.79 Å². The molecule has 2 unspecified atom stereocenters. The maximum absolute atomic E-state index is 13.0. The van der Waals surface area contributed by atoms with E-state index in [1.807, 2.05) is 24.3 Å². The summed E-state index contributed by atoms with van der Waals surface area (Å²) in [4.78, 5) is 13.0. The van der Waals surface area contributed by atoms with Gasteiger partial charge in [-0.15, -0.1) is 0 Å². The quantitative estimate of drug-likeness (QED) is 0.471. The molecule has 3 rings (SSSR count). The number of hydrogen-bond acceptors (Lipinski definition) is 6.